The van der Waals surface area contributed by atoms with E-state index in [4.69, 9.17) is 11.6 Å². The van der Waals surface area contributed by atoms with Crippen LogP contribution in [0.5, 0.6) is 5.75 Å². The summed E-state index contributed by atoms with van der Waals surface area (Å²) < 4.78 is 1.22. The lowest BCUT2D eigenvalue weighted by molar-refractivity contribution is 0.469. The number of anilines is 1. The van der Waals surface area contributed by atoms with Gasteiger partial charge in [0.05, 0.1) is 0 Å². The van der Waals surface area contributed by atoms with E-state index in [1.54, 1.807) is 18.2 Å². The average Bonchev–Trinajstić information content (AvgIpc) is 2.35. The van der Waals surface area contributed by atoms with Crippen LogP contribution in [0.25, 0.3) is 0 Å². The minimum Gasteiger partial charge on any atom is -0.508 e. The SMILES string of the molecule is Cc1c(I)cccc1NCc1cc(Cl)ccc1O. The van der Waals surface area contributed by atoms with Crippen LogP contribution in [0.3, 0.4) is 0 Å². The molecule has 0 heterocycles. The predicted molar refractivity (Wildman–Crippen MR) is 84.3 cm³/mol. The van der Waals surface area contributed by atoms with E-state index in [1.165, 1.54) is 9.13 Å². The zero-order valence-corrected chi connectivity index (χ0v) is 12.8. The summed E-state index contributed by atoms with van der Waals surface area (Å²) in [6.45, 7) is 2.62. The van der Waals surface area contributed by atoms with Gasteiger partial charge in [-0.2, -0.15) is 0 Å². The van der Waals surface area contributed by atoms with Gasteiger partial charge < -0.3 is 10.4 Å². The van der Waals surface area contributed by atoms with Gasteiger partial charge in [-0.1, -0.05) is 17.7 Å². The predicted octanol–water partition coefficient (Wildman–Crippen LogP) is 4.57. The topological polar surface area (TPSA) is 32.3 Å². The van der Waals surface area contributed by atoms with Gasteiger partial charge in [0.1, 0.15) is 5.75 Å². The van der Waals surface area contributed by atoms with Gasteiger partial charge in [0.2, 0.25) is 0 Å². The summed E-state index contributed by atoms with van der Waals surface area (Å²) in [5.41, 5.74) is 3.07. The molecule has 0 unspecified atom stereocenters. The maximum atomic E-state index is 9.74. The second-order valence-corrected chi connectivity index (χ2v) is 5.64. The molecule has 94 valence electrons. The van der Waals surface area contributed by atoms with Crippen LogP contribution >= 0.6 is 34.2 Å². The van der Waals surface area contributed by atoms with Crippen molar-refractivity contribution >= 4 is 39.9 Å². The molecule has 0 fully saturated rings. The van der Waals surface area contributed by atoms with Gasteiger partial charge in [0.15, 0.2) is 0 Å². The van der Waals surface area contributed by atoms with Crippen molar-refractivity contribution in [3.05, 3.63) is 56.1 Å². The van der Waals surface area contributed by atoms with E-state index >= 15 is 0 Å². The molecule has 0 spiro atoms. The Kier molecular flexibility index (Phi) is 4.35. The summed E-state index contributed by atoms with van der Waals surface area (Å²) in [7, 11) is 0. The molecule has 0 aliphatic carbocycles. The zero-order chi connectivity index (χ0) is 13.1. The first-order valence-corrected chi connectivity index (χ1v) is 7.00. The number of phenols is 1. The molecule has 4 heteroatoms. The fraction of sp³-hybridized carbons (Fsp3) is 0.143. The lowest BCUT2D eigenvalue weighted by Gasteiger charge is -2.12. The Hall–Kier alpha value is -0.940. The number of nitrogens with one attached hydrogen (secondary N) is 1. The molecule has 0 aromatic heterocycles. The highest BCUT2D eigenvalue weighted by Crippen LogP contribution is 2.24. The largest absolute Gasteiger partial charge is 0.508 e. The van der Waals surface area contributed by atoms with Gasteiger partial charge in [-0.25, -0.2) is 0 Å². The van der Waals surface area contributed by atoms with Crippen molar-refractivity contribution in [2.24, 2.45) is 0 Å². The highest BCUT2D eigenvalue weighted by molar-refractivity contribution is 14.1. The number of rotatable bonds is 3. The highest BCUT2D eigenvalue weighted by atomic mass is 127. The van der Waals surface area contributed by atoms with Gasteiger partial charge in [-0.3, -0.25) is 0 Å². The first kappa shape index (κ1) is 13.5. The van der Waals surface area contributed by atoms with E-state index in [2.05, 4.69) is 40.9 Å². The number of halogens is 2. The molecule has 0 atom stereocenters. The van der Waals surface area contributed by atoms with Crippen molar-refractivity contribution in [2.75, 3.05) is 5.32 Å². The van der Waals surface area contributed by atoms with Gasteiger partial charge in [0.25, 0.3) is 0 Å². The van der Waals surface area contributed by atoms with Gasteiger partial charge in [-0.05, 0) is 65.4 Å². The van der Waals surface area contributed by atoms with E-state index in [1.807, 2.05) is 12.1 Å². The van der Waals surface area contributed by atoms with Crippen LogP contribution in [0.2, 0.25) is 5.02 Å². The molecule has 2 nitrogen and oxygen atoms in total. The summed E-state index contributed by atoms with van der Waals surface area (Å²) in [6.07, 6.45) is 0. The number of phenolic OH excluding ortho intramolecular Hbond substituents is 1. The molecule has 0 aliphatic heterocycles. The van der Waals surface area contributed by atoms with Crippen LogP contribution in [0, 0.1) is 10.5 Å². The van der Waals surface area contributed by atoms with Crippen LogP contribution in [0.1, 0.15) is 11.1 Å². The Labute approximate surface area is 125 Å². The molecule has 0 amide bonds. The van der Waals surface area contributed by atoms with Crippen molar-refractivity contribution < 1.29 is 5.11 Å². The summed E-state index contributed by atoms with van der Waals surface area (Å²) in [5.74, 6) is 0.259. The minimum absolute atomic E-state index is 0.259. The van der Waals surface area contributed by atoms with Gasteiger partial charge in [-0.15, -0.1) is 0 Å². The lowest BCUT2D eigenvalue weighted by Crippen LogP contribution is -2.02. The van der Waals surface area contributed by atoms with Crippen LogP contribution < -0.4 is 5.32 Å². The Balaban J connectivity index is 2.16. The standard InChI is InChI=1S/C14H13ClINO/c1-9-12(16)3-2-4-13(9)17-8-10-7-11(15)5-6-14(10)18/h2-7,17-18H,8H2,1H3. The molecular weight excluding hydrogens is 361 g/mol. The number of hydrogen-bond acceptors (Lipinski definition) is 2. The molecule has 0 bridgehead atoms. The van der Waals surface area contributed by atoms with E-state index in [0.717, 1.165) is 11.3 Å². The third-order valence-electron chi connectivity index (χ3n) is 2.78. The van der Waals surface area contributed by atoms with Crippen LogP contribution in [0.4, 0.5) is 5.69 Å². The van der Waals surface area contributed by atoms with Crippen molar-refractivity contribution in [3.8, 4) is 5.75 Å². The Morgan fingerprint density at radius 3 is 2.83 bits per heavy atom. The van der Waals surface area contributed by atoms with Crippen LogP contribution in [-0.4, -0.2) is 5.11 Å². The van der Waals surface area contributed by atoms with Crippen molar-refractivity contribution in [3.63, 3.8) is 0 Å². The average molecular weight is 374 g/mol. The van der Waals surface area contributed by atoms with Crippen molar-refractivity contribution in [1.82, 2.24) is 0 Å². The quantitative estimate of drug-likeness (QED) is 0.773. The summed E-state index contributed by atoms with van der Waals surface area (Å²) in [5, 5.41) is 13.7. The van der Waals surface area contributed by atoms with E-state index in [-0.39, 0.29) is 5.75 Å². The Morgan fingerprint density at radius 1 is 1.28 bits per heavy atom. The van der Waals surface area contributed by atoms with Gasteiger partial charge in [0, 0.05) is 26.4 Å². The molecule has 0 aliphatic rings. The van der Waals surface area contributed by atoms with Crippen LogP contribution in [0.15, 0.2) is 36.4 Å². The maximum Gasteiger partial charge on any atom is 0.120 e. The molecule has 2 N–H and O–H groups in total. The molecular formula is C14H13ClINO. The van der Waals surface area contributed by atoms with Gasteiger partial charge >= 0.3 is 0 Å². The Morgan fingerprint density at radius 2 is 2.06 bits per heavy atom. The zero-order valence-electron chi connectivity index (χ0n) is 9.87. The minimum atomic E-state index is 0.259. The van der Waals surface area contributed by atoms with E-state index in [0.29, 0.717) is 11.6 Å². The molecule has 0 saturated carbocycles. The van der Waals surface area contributed by atoms with E-state index < -0.39 is 0 Å². The second-order valence-electron chi connectivity index (χ2n) is 4.04. The number of benzene rings is 2. The first-order valence-electron chi connectivity index (χ1n) is 5.54. The summed E-state index contributed by atoms with van der Waals surface area (Å²) >= 11 is 8.22. The smallest absolute Gasteiger partial charge is 0.120 e. The van der Waals surface area contributed by atoms with Crippen molar-refractivity contribution in [2.45, 2.75) is 13.5 Å². The number of hydrogen-bond donors (Lipinski definition) is 2. The van der Waals surface area contributed by atoms with E-state index in [9.17, 15) is 5.11 Å². The molecule has 0 radical (unpaired) electrons. The first-order chi connectivity index (χ1) is 8.58. The monoisotopic (exact) mass is 373 g/mol. The molecule has 18 heavy (non-hydrogen) atoms. The Bertz CT molecular complexity index is 570. The summed E-state index contributed by atoms with van der Waals surface area (Å²) in [4.78, 5) is 0. The molecule has 2 rings (SSSR count). The normalized spacial score (nSPS) is 10.4. The van der Waals surface area contributed by atoms with Crippen molar-refractivity contribution in [1.29, 1.82) is 0 Å². The third kappa shape index (κ3) is 3.09. The lowest BCUT2D eigenvalue weighted by atomic mass is 10.1. The fourth-order valence-electron chi connectivity index (χ4n) is 1.69. The summed E-state index contributed by atoms with van der Waals surface area (Å²) in [6, 6.07) is 11.2. The number of aromatic hydroxyl groups is 1. The molecule has 2 aromatic rings. The maximum absolute atomic E-state index is 9.74. The molecule has 2 aromatic carbocycles. The highest BCUT2D eigenvalue weighted by Gasteiger charge is 2.04. The third-order valence-corrected chi connectivity index (χ3v) is 4.18. The second kappa shape index (κ2) is 5.80. The fourth-order valence-corrected chi connectivity index (χ4v) is 2.38. The molecule has 0 saturated heterocycles. The van der Waals surface area contributed by atoms with Crippen LogP contribution in [-0.2, 0) is 6.54 Å².